The van der Waals surface area contributed by atoms with E-state index in [2.05, 4.69) is 18.9 Å². The van der Waals surface area contributed by atoms with E-state index in [1.807, 2.05) is 6.07 Å². The number of hydrogen-bond acceptors (Lipinski definition) is 2. The molecule has 0 aliphatic carbocycles. The van der Waals surface area contributed by atoms with Crippen molar-refractivity contribution in [1.29, 1.82) is 0 Å². The third-order valence-electron chi connectivity index (χ3n) is 2.48. The van der Waals surface area contributed by atoms with Gasteiger partial charge in [-0.2, -0.15) is 5.10 Å². The average molecular weight is 233 g/mol. The lowest BCUT2D eigenvalue weighted by Crippen LogP contribution is -2.02. The Kier molecular flexibility index (Phi) is 3.13. The third-order valence-corrected chi connectivity index (χ3v) is 2.48. The van der Waals surface area contributed by atoms with E-state index >= 15 is 0 Å². The van der Waals surface area contributed by atoms with Gasteiger partial charge in [0.1, 0.15) is 11.6 Å². The Morgan fingerprint density at radius 3 is 2.53 bits per heavy atom. The first kappa shape index (κ1) is 11.6. The monoisotopic (exact) mass is 233 g/mol. The van der Waals surface area contributed by atoms with Crippen LogP contribution in [0.3, 0.4) is 0 Å². The second-order valence-electron chi connectivity index (χ2n) is 4.55. The van der Waals surface area contributed by atoms with E-state index in [4.69, 9.17) is 5.73 Å². The summed E-state index contributed by atoms with van der Waals surface area (Å²) < 4.78 is 14.5. The van der Waals surface area contributed by atoms with Crippen LogP contribution in [0.4, 0.5) is 10.2 Å². The smallest absolute Gasteiger partial charge is 0.127 e. The molecule has 1 heterocycles. The van der Waals surface area contributed by atoms with E-state index in [1.165, 1.54) is 12.1 Å². The Hall–Kier alpha value is -1.84. The van der Waals surface area contributed by atoms with E-state index in [0.717, 1.165) is 17.8 Å². The molecular formula is C13H16FN3. The SMILES string of the molecule is CC(C)Cc1cc(N)n(-c2ccc(F)cc2)n1. The molecule has 3 nitrogen and oxygen atoms in total. The largest absolute Gasteiger partial charge is 0.384 e. The van der Waals surface area contributed by atoms with Crippen LogP contribution < -0.4 is 5.73 Å². The van der Waals surface area contributed by atoms with Crippen molar-refractivity contribution >= 4 is 5.82 Å². The number of nitrogen functional groups attached to an aromatic ring is 1. The Morgan fingerprint density at radius 1 is 1.29 bits per heavy atom. The maximum atomic E-state index is 12.8. The summed E-state index contributed by atoms with van der Waals surface area (Å²) in [5, 5.41) is 4.42. The van der Waals surface area contributed by atoms with Crippen LogP contribution in [0.1, 0.15) is 19.5 Å². The maximum absolute atomic E-state index is 12.8. The van der Waals surface area contributed by atoms with Gasteiger partial charge in [0.05, 0.1) is 11.4 Å². The molecule has 4 heteroatoms. The minimum atomic E-state index is -0.262. The number of benzene rings is 1. The number of nitrogens with zero attached hydrogens (tertiary/aromatic N) is 2. The highest BCUT2D eigenvalue weighted by molar-refractivity contribution is 5.42. The summed E-state index contributed by atoms with van der Waals surface area (Å²) in [6.45, 7) is 4.26. The zero-order valence-electron chi connectivity index (χ0n) is 10.0. The van der Waals surface area contributed by atoms with Crippen molar-refractivity contribution < 1.29 is 4.39 Å². The highest BCUT2D eigenvalue weighted by Crippen LogP contribution is 2.16. The van der Waals surface area contributed by atoms with Crippen LogP contribution >= 0.6 is 0 Å². The van der Waals surface area contributed by atoms with Gasteiger partial charge >= 0.3 is 0 Å². The predicted octanol–water partition coefficient (Wildman–Crippen LogP) is 2.79. The molecule has 0 saturated heterocycles. The highest BCUT2D eigenvalue weighted by atomic mass is 19.1. The molecule has 1 aromatic heterocycles. The first-order valence-corrected chi connectivity index (χ1v) is 5.66. The van der Waals surface area contributed by atoms with Crippen LogP contribution in [0, 0.1) is 11.7 Å². The summed E-state index contributed by atoms with van der Waals surface area (Å²) in [4.78, 5) is 0. The van der Waals surface area contributed by atoms with Gasteiger partial charge in [-0.15, -0.1) is 0 Å². The van der Waals surface area contributed by atoms with Crippen LogP contribution in [0.5, 0.6) is 0 Å². The minimum Gasteiger partial charge on any atom is -0.384 e. The van der Waals surface area contributed by atoms with Gasteiger partial charge in [0, 0.05) is 6.07 Å². The quantitative estimate of drug-likeness (QED) is 0.885. The highest BCUT2D eigenvalue weighted by Gasteiger charge is 2.08. The molecule has 0 unspecified atom stereocenters. The van der Waals surface area contributed by atoms with Crippen molar-refractivity contribution in [2.45, 2.75) is 20.3 Å². The Morgan fingerprint density at radius 2 is 1.94 bits per heavy atom. The fourth-order valence-electron chi connectivity index (χ4n) is 1.75. The van der Waals surface area contributed by atoms with Gasteiger partial charge in [0.15, 0.2) is 0 Å². The lowest BCUT2D eigenvalue weighted by atomic mass is 10.1. The summed E-state index contributed by atoms with van der Waals surface area (Å²) in [5.41, 5.74) is 7.63. The lowest BCUT2D eigenvalue weighted by Gasteiger charge is -2.03. The number of halogens is 1. The van der Waals surface area contributed by atoms with Crippen molar-refractivity contribution in [3.05, 3.63) is 41.8 Å². The van der Waals surface area contributed by atoms with Crippen molar-refractivity contribution in [1.82, 2.24) is 9.78 Å². The first-order chi connectivity index (χ1) is 8.06. The molecule has 0 bridgehead atoms. The summed E-state index contributed by atoms with van der Waals surface area (Å²) in [7, 11) is 0. The maximum Gasteiger partial charge on any atom is 0.127 e. The molecule has 0 radical (unpaired) electrons. The van der Waals surface area contributed by atoms with Crippen LogP contribution in [0.15, 0.2) is 30.3 Å². The molecule has 17 heavy (non-hydrogen) atoms. The van der Waals surface area contributed by atoms with E-state index in [1.54, 1.807) is 16.8 Å². The molecule has 2 aromatic rings. The second kappa shape index (κ2) is 4.57. The fraction of sp³-hybridized carbons (Fsp3) is 0.308. The third kappa shape index (κ3) is 2.64. The van der Waals surface area contributed by atoms with Gasteiger partial charge in [0.25, 0.3) is 0 Å². The van der Waals surface area contributed by atoms with Gasteiger partial charge < -0.3 is 5.73 Å². The van der Waals surface area contributed by atoms with Crippen molar-refractivity contribution in [2.24, 2.45) is 5.92 Å². The molecule has 1 aromatic carbocycles. The van der Waals surface area contributed by atoms with Gasteiger partial charge in [-0.3, -0.25) is 0 Å². The van der Waals surface area contributed by atoms with E-state index in [9.17, 15) is 4.39 Å². The average Bonchev–Trinajstić information content (AvgIpc) is 2.59. The van der Waals surface area contributed by atoms with Crippen molar-refractivity contribution in [3.63, 3.8) is 0 Å². The van der Waals surface area contributed by atoms with Gasteiger partial charge in [-0.25, -0.2) is 9.07 Å². The zero-order valence-corrected chi connectivity index (χ0v) is 10.0. The van der Waals surface area contributed by atoms with Crippen molar-refractivity contribution in [2.75, 3.05) is 5.73 Å². The molecule has 90 valence electrons. The number of hydrogen-bond donors (Lipinski definition) is 1. The van der Waals surface area contributed by atoms with Gasteiger partial charge in [0.2, 0.25) is 0 Å². The van der Waals surface area contributed by atoms with Crippen LogP contribution in [0.25, 0.3) is 5.69 Å². The molecule has 0 amide bonds. The Labute approximate surface area is 100 Å². The summed E-state index contributed by atoms with van der Waals surface area (Å²) >= 11 is 0. The van der Waals surface area contributed by atoms with E-state index in [-0.39, 0.29) is 5.82 Å². The lowest BCUT2D eigenvalue weighted by molar-refractivity contribution is 0.624. The van der Waals surface area contributed by atoms with Gasteiger partial charge in [-0.05, 0) is 36.6 Å². The Bertz CT molecular complexity index is 500. The topological polar surface area (TPSA) is 43.8 Å². The summed E-state index contributed by atoms with van der Waals surface area (Å²) in [6.07, 6.45) is 0.887. The standard InChI is InChI=1S/C13H16FN3/c1-9(2)7-11-8-13(15)17(16-11)12-5-3-10(14)4-6-12/h3-6,8-9H,7,15H2,1-2H3. The van der Waals surface area contributed by atoms with Crippen LogP contribution in [0.2, 0.25) is 0 Å². The minimum absolute atomic E-state index is 0.262. The van der Waals surface area contributed by atoms with E-state index in [0.29, 0.717) is 11.7 Å². The molecule has 2 N–H and O–H groups in total. The summed E-state index contributed by atoms with van der Waals surface area (Å²) in [6, 6.07) is 8.00. The van der Waals surface area contributed by atoms with E-state index < -0.39 is 0 Å². The Balaban J connectivity index is 2.32. The number of aromatic nitrogens is 2. The zero-order chi connectivity index (χ0) is 12.4. The van der Waals surface area contributed by atoms with Gasteiger partial charge in [-0.1, -0.05) is 13.8 Å². The molecule has 2 rings (SSSR count). The van der Waals surface area contributed by atoms with Crippen molar-refractivity contribution in [3.8, 4) is 5.69 Å². The second-order valence-corrected chi connectivity index (χ2v) is 4.55. The number of rotatable bonds is 3. The molecular weight excluding hydrogens is 217 g/mol. The summed E-state index contributed by atoms with van der Waals surface area (Å²) in [5.74, 6) is 0.847. The molecule has 0 atom stereocenters. The molecule has 0 saturated carbocycles. The number of anilines is 1. The van der Waals surface area contributed by atoms with Crippen LogP contribution in [-0.2, 0) is 6.42 Å². The normalized spacial score (nSPS) is 11.1. The molecule has 0 aliphatic rings. The molecule has 0 aliphatic heterocycles. The first-order valence-electron chi connectivity index (χ1n) is 5.66. The number of nitrogens with two attached hydrogens (primary N) is 1. The molecule has 0 fully saturated rings. The predicted molar refractivity (Wildman–Crippen MR) is 66.5 cm³/mol. The molecule has 0 spiro atoms. The fourth-order valence-corrected chi connectivity index (χ4v) is 1.75. The van der Waals surface area contributed by atoms with Crippen LogP contribution in [-0.4, -0.2) is 9.78 Å².